The van der Waals surface area contributed by atoms with Crippen LogP contribution in [0.5, 0.6) is 0 Å². The Morgan fingerprint density at radius 2 is 2.27 bits per heavy atom. The van der Waals surface area contributed by atoms with Gasteiger partial charge in [-0.05, 0) is 22.6 Å². The molecule has 3 nitrogen and oxygen atoms in total. The Labute approximate surface area is 103 Å². The van der Waals surface area contributed by atoms with Gasteiger partial charge in [0.1, 0.15) is 0 Å². The maximum absolute atomic E-state index is 12.6. The molecule has 0 aliphatic carbocycles. The van der Waals surface area contributed by atoms with Crippen molar-refractivity contribution < 1.29 is 18.7 Å². The number of aromatic nitrogens is 1. The molecule has 0 spiro atoms. The van der Waals surface area contributed by atoms with Crippen molar-refractivity contribution in [3.63, 3.8) is 0 Å². The Balaban J connectivity index is 3.47. The number of carboxylic acid groups (broad SMARTS) is 1. The number of hydrogen-bond acceptors (Lipinski definition) is 2. The summed E-state index contributed by atoms with van der Waals surface area (Å²) in [5, 5.41) is 8.73. The average molecular weight is 347 g/mol. The topological polar surface area (TPSA) is 50.2 Å². The molecule has 0 aromatic carbocycles. The second kappa shape index (κ2) is 5.02. The molecule has 1 aromatic rings. The molecule has 0 atom stereocenters. The van der Waals surface area contributed by atoms with E-state index in [9.17, 15) is 13.6 Å². The van der Waals surface area contributed by atoms with Crippen LogP contribution in [0.2, 0.25) is 0 Å². The highest BCUT2D eigenvalue weighted by atomic mass is 127. The predicted octanol–water partition coefficient (Wildman–Crippen LogP) is 3.06. The zero-order valence-electron chi connectivity index (χ0n) is 7.18. The smallest absolute Gasteiger partial charge is 0.354 e. The summed E-state index contributed by atoms with van der Waals surface area (Å²) in [4.78, 5) is 14.3. The molecule has 1 heterocycles. The lowest BCUT2D eigenvalue weighted by Gasteiger charge is -2.10. The summed E-state index contributed by atoms with van der Waals surface area (Å²) in [5.74, 6) is -1.66. The fourth-order valence-electron chi connectivity index (χ4n) is 1.10. The van der Waals surface area contributed by atoms with Gasteiger partial charge in [-0.15, -0.1) is 11.6 Å². The molecule has 0 amide bonds. The number of rotatable bonds is 3. The minimum absolute atomic E-state index is 0.119. The third kappa shape index (κ3) is 2.54. The summed E-state index contributed by atoms with van der Waals surface area (Å²) in [7, 11) is 0. The standard InChI is InChI=1S/C8H5ClF2INO2/c9-1-3-5(7(10)11)4(12)2-13-6(3)8(14)15/h2,7H,1H2,(H,14,15). The van der Waals surface area contributed by atoms with E-state index in [1.165, 1.54) is 0 Å². The maximum atomic E-state index is 12.6. The zero-order valence-corrected chi connectivity index (χ0v) is 10.1. The number of carbonyl (C=O) groups is 1. The van der Waals surface area contributed by atoms with Crippen LogP contribution in [-0.2, 0) is 5.88 Å². The van der Waals surface area contributed by atoms with Crippen molar-refractivity contribution in [2.45, 2.75) is 12.3 Å². The molecule has 0 radical (unpaired) electrons. The highest BCUT2D eigenvalue weighted by molar-refractivity contribution is 14.1. The van der Waals surface area contributed by atoms with E-state index in [0.29, 0.717) is 0 Å². The lowest BCUT2D eigenvalue weighted by molar-refractivity contribution is 0.0688. The van der Waals surface area contributed by atoms with Crippen molar-refractivity contribution in [2.24, 2.45) is 0 Å². The van der Waals surface area contributed by atoms with E-state index in [1.54, 1.807) is 22.6 Å². The van der Waals surface area contributed by atoms with Crippen molar-refractivity contribution in [3.8, 4) is 0 Å². The summed E-state index contributed by atoms with van der Waals surface area (Å²) in [5.41, 5.74) is -0.884. The van der Waals surface area contributed by atoms with Gasteiger partial charge in [0.05, 0.1) is 5.88 Å². The molecule has 1 N–H and O–H groups in total. The zero-order chi connectivity index (χ0) is 11.6. The number of halogens is 4. The van der Waals surface area contributed by atoms with Gasteiger partial charge in [0, 0.05) is 20.9 Å². The number of carboxylic acids is 1. The second-order valence-corrected chi connectivity index (χ2v) is 4.02. The van der Waals surface area contributed by atoms with Crippen LogP contribution in [-0.4, -0.2) is 16.1 Å². The van der Waals surface area contributed by atoms with Crippen LogP contribution in [0, 0.1) is 3.57 Å². The van der Waals surface area contributed by atoms with Crippen molar-refractivity contribution >= 4 is 40.2 Å². The van der Waals surface area contributed by atoms with Crippen LogP contribution >= 0.6 is 34.2 Å². The van der Waals surface area contributed by atoms with Gasteiger partial charge in [-0.3, -0.25) is 0 Å². The van der Waals surface area contributed by atoms with Gasteiger partial charge >= 0.3 is 5.97 Å². The third-order valence-electron chi connectivity index (χ3n) is 1.73. The summed E-state index contributed by atoms with van der Waals surface area (Å²) >= 11 is 7.13. The summed E-state index contributed by atoms with van der Waals surface area (Å²) in [6.45, 7) is 0. The number of nitrogens with zero attached hydrogens (tertiary/aromatic N) is 1. The molecule has 82 valence electrons. The van der Waals surface area contributed by atoms with Gasteiger partial charge in [0.15, 0.2) is 5.69 Å². The molecule has 0 bridgehead atoms. The van der Waals surface area contributed by atoms with E-state index in [0.717, 1.165) is 6.20 Å². The van der Waals surface area contributed by atoms with Crippen LogP contribution < -0.4 is 0 Å². The minimum Gasteiger partial charge on any atom is -0.477 e. The second-order valence-electron chi connectivity index (χ2n) is 2.59. The number of aromatic carboxylic acids is 1. The van der Waals surface area contributed by atoms with E-state index in [2.05, 4.69) is 4.98 Å². The average Bonchev–Trinajstić information content (AvgIpc) is 2.15. The van der Waals surface area contributed by atoms with Crippen LogP contribution in [0.4, 0.5) is 8.78 Å². The Morgan fingerprint density at radius 1 is 1.67 bits per heavy atom. The third-order valence-corrected chi connectivity index (χ3v) is 2.86. The van der Waals surface area contributed by atoms with Crippen LogP contribution in [0.3, 0.4) is 0 Å². The minimum atomic E-state index is -2.76. The normalized spacial score (nSPS) is 10.7. The monoisotopic (exact) mass is 347 g/mol. The summed E-state index contributed by atoms with van der Waals surface area (Å²) < 4.78 is 25.5. The summed E-state index contributed by atoms with van der Waals surface area (Å²) in [6, 6.07) is 0. The van der Waals surface area contributed by atoms with Gasteiger partial charge in [0.2, 0.25) is 0 Å². The first-order chi connectivity index (χ1) is 6.99. The lowest BCUT2D eigenvalue weighted by Crippen LogP contribution is -2.09. The van der Waals surface area contributed by atoms with E-state index in [1.807, 2.05) is 0 Å². The van der Waals surface area contributed by atoms with Gasteiger partial charge < -0.3 is 5.11 Å². The van der Waals surface area contributed by atoms with E-state index >= 15 is 0 Å². The number of hydrogen-bond donors (Lipinski definition) is 1. The molecular weight excluding hydrogens is 342 g/mol. The Morgan fingerprint density at radius 3 is 2.67 bits per heavy atom. The highest BCUT2D eigenvalue weighted by Gasteiger charge is 2.23. The van der Waals surface area contributed by atoms with Gasteiger partial charge in [-0.2, -0.15) is 0 Å². The Kier molecular flexibility index (Phi) is 4.21. The SMILES string of the molecule is O=C(O)c1ncc(I)c(C(F)F)c1CCl. The predicted molar refractivity (Wildman–Crippen MR) is 58.4 cm³/mol. The van der Waals surface area contributed by atoms with Crippen molar-refractivity contribution in [1.29, 1.82) is 0 Å². The lowest BCUT2D eigenvalue weighted by atomic mass is 10.1. The molecule has 15 heavy (non-hydrogen) atoms. The van der Waals surface area contributed by atoms with Gasteiger partial charge in [-0.1, -0.05) is 0 Å². The summed E-state index contributed by atoms with van der Waals surface area (Å²) in [6.07, 6.45) is -1.66. The van der Waals surface area contributed by atoms with Crippen LogP contribution in [0.15, 0.2) is 6.20 Å². The first-order valence-corrected chi connectivity index (χ1v) is 5.35. The van der Waals surface area contributed by atoms with E-state index < -0.39 is 18.1 Å². The number of alkyl halides is 3. The van der Waals surface area contributed by atoms with Gasteiger partial charge in [0.25, 0.3) is 6.43 Å². The number of pyridine rings is 1. The molecule has 0 fully saturated rings. The molecule has 1 aromatic heterocycles. The highest BCUT2D eigenvalue weighted by Crippen LogP contribution is 2.30. The van der Waals surface area contributed by atoms with Crippen molar-refractivity contribution in [3.05, 3.63) is 26.6 Å². The fraction of sp³-hybridized carbons (Fsp3) is 0.250. The Hall–Kier alpha value is -0.500. The Bertz CT molecular complexity index is 400. The molecule has 1 rings (SSSR count). The molecule has 0 saturated heterocycles. The molecular formula is C8H5ClF2INO2. The molecule has 0 aliphatic heterocycles. The largest absolute Gasteiger partial charge is 0.477 e. The van der Waals surface area contributed by atoms with Crippen molar-refractivity contribution in [1.82, 2.24) is 4.98 Å². The van der Waals surface area contributed by atoms with Crippen molar-refractivity contribution in [2.75, 3.05) is 0 Å². The first-order valence-electron chi connectivity index (χ1n) is 3.73. The van der Waals surface area contributed by atoms with Crippen LogP contribution in [0.25, 0.3) is 0 Å². The van der Waals surface area contributed by atoms with E-state index in [-0.39, 0.29) is 20.6 Å². The first kappa shape index (κ1) is 12.6. The molecule has 0 aliphatic rings. The molecule has 0 unspecified atom stereocenters. The van der Waals surface area contributed by atoms with Crippen LogP contribution in [0.1, 0.15) is 28.0 Å². The maximum Gasteiger partial charge on any atom is 0.354 e. The quantitative estimate of drug-likeness (QED) is 0.675. The van der Waals surface area contributed by atoms with Gasteiger partial charge in [-0.25, -0.2) is 18.6 Å². The fourth-order valence-corrected chi connectivity index (χ4v) is 2.07. The molecule has 0 saturated carbocycles. The molecule has 7 heteroatoms. The van der Waals surface area contributed by atoms with E-state index in [4.69, 9.17) is 16.7 Å².